The van der Waals surface area contributed by atoms with E-state index in [1.807, 2.05) is 24.3 Å². The molecule has 0 spiro atoms. The van der Waals surface area contributed by atoms with Crippen molar-refractivity contribution in [2.24, 2.45) is 0 Å². The summed E-state index contributed by atoms with van der Waals surface area (Å²) in [5, 5.41) is 14.0. The Kier molecular flexibility index (Phi) is 5.93. The van der Waals surface area contributed by atoms with Crippen LogP contribution in [0.25, 0.3) is 0 Å². The minimum absolute atomic E-state index is 0.0252. The van der Waals surface area contributed by atoms with Gasteiger partial charge in [-0.1, -0.05) is 24.3 Å². The van der Waals surface area contributed by atoms with E-state index in [0.717, 1.165) is 48.7 Å². The van der Waals surface area contributed by atoms with Crippen molar-refractivity contribution < 1.29 is 22.9 Å². The molecule has 1 N–H and O–H groups in total. The number of halogens is 3. The summed E-state index contributed by atoms with van der Waals surface area (Å²) in [4.78, 5) is 22.6. The number of hydrogen-bond acceptors (Lipinski definition) is 4. The summed E-state index contributed by atoms with van der Waals surface area (Å²) in [6.07, 6.45) is -1.97. The third-order valence-electron chi connectivity index (χ3n) is 4.55. The molecule has 0 heterocycles. The van der Waals surface area contributed by atoms with E-state index >= 15 is 0 Å². The zero-order valence-electron chi connectivity index (χ0n) is 14.7. The van der Waals surface area contributed by atoms with Crippen molar-refractivity contribution in [1.29, 1.82) is 0 Å². The number of rotatable bonds is 5. The van der Waals surface area contributed by atoms with E-state index < -0.39 is 22.4 Å². The SMILES string of the molecule is O=C(CSc1ccc(C(F)(F)F)cc1[N+](=O)[O-])NC1CCCc2ccccc21. The van der Waals surface area contributed by atoms with Crippen LogP contribution in [0.1, 0.15) is 35.6 Å². The van der Waals surface area contributed by atoms with E-state index in [-0.39, 0.29) is 22.6 Å². The highest BCUT2D eigenvalue weighted by atomic mass is 32.2. The number of carbonyl (C=O) groups is 1. The van der Waals surface area contributed by atoms with Gasteiger partial charge in [0.25, 0.3) is 5.69 Å². The van der Waals surface area contributed by atoms with E-state index in [1.165, 1.54) is 5.56 Å². The van der Waals surface area contributed by atoms with Gasteiger partial charge in [0.1, 0.15) is 0 Å². The number of carbonyl (C=O) groups excluding carboxylic acids is 1. The molecule has 0 radical (unpaired) electrons. The summed E-state index contributed by atoms with van der Waals surface area (Å²) in [6, 6.07) is 10.0. The molecule has 9 heteroatoms. The molecule has 0 aromatic heterocycles. The molecule has 2 aromatic rings. The summed E-state index contributed by atoms with van der Waals surface area (Å²) in [6.45, 7) is 0. The van der Waals surface area contributed by atoms with Gasteiger partial charge >= 0.3 is 6.18 Å². The Balaban J connectivity index is 1.68. The Morgan fingerprint density at radius 2 is 2.00 bits per heavy atom. The normalized spacial score (nSPS) is 16.3. The number of nitro benzene ring substituents is 1. The van der Waals surface area contributed by atoms with Gasteiger partial charge in [0, 0.05) is 6.07 Å². The molecular formula is C19H17F3N2O3S. The van der Waals surface area contributed by atoms with Crippen molar-refractivity contribution >= 4 is 23.4 Å². The minimum Gasteiger partial charge on any atom is -0.349 e. The zero-order chi connectivity index (χ0) is 20.3. The second-order valence-electron chi connectivity index (χ2n) is 6.44. The zero-order valence-corrected chi connectivity index (χ0v) is 15.5. The molecule has 5 nitrogen and oxygen atoms in total. The molecule has 0 aliphatic heterocycles. The van der Waals surface area contributed by atoms with Crippen LogP contribution in [0.15, 0.2) is 47.4 Å². The van der Waals surface area contributed by atoms with Gasteiger partial charge in [-0.25, -0.2) is 0 Å². The molecule has 3 rings (SSSR count). The third-order valence-corrected chi connectivity index (χ3v) is 5.61. The highest BCUT2D eigenvalue weighted by Crippen LogP contribution is 2.36. The molecule has 148 valence electrons. The fourth-order valence-electron chi connectivity index (χ4n) is 3.24. The van der Waals surface area contributed by atoms with Gasteiger partial charge in [0.15, 0.2) is 0 Å². The largest absolute Gasteiger partial charge is 0.416 e. The Bertz CT molecular complexity index is 902. The van der Waals surface area contributed by atoms with Gasteiger partial charge in [-0.3, -0.25) is 14.9 Å². The van der Waals surface area contributed by atoms with Crippen molar-refractivity contribution in [3.05, 3.63) is 69.3 Å². The molecule has 0 saturated heterocycles. The Morgan fingerprint density at radius 1 is 1.25 bits per heavy atom. The van der Waals surface area contributed by atoms with Crippen molar-refractivity contribution in [3.8, 4) is 0 Å². The Morgan fingerprint density at radius 3 is 2.71 bits per heavy atom. The summed E-state index contributed by atoms with van der Waals surface area (Å²) in [5.41, 5.74) is 0.500. The van der Waals surface area contributed by atoms with Crippen molar-refractivity contribution in [2.75, 3.05) is 5.75 Å². The highest BCUT2D eigenvalue weighted by Gasteiger charge is 2.33. The molecule has 1 unspecified atom stereocenters. The molecule has 1 aliphatic carbocycles. The fraction of sp³-hybridized carbons (Fsp3) is 0.316. The molecule has 1 amide bonds. The maximum absolute atomic E-state index is 12.8. The predicted molar refractivity (Wildman–Crippen MR) is 99.1 cm³/mol. The van der Waals surface area contributed by atoms with Gasteiger partial charge in [-0.05, 0) is 42.5 Å². The number of aryl methyl sites for hydroxylation is 1. The summed E-state index contributed by atoms with van der Waals surface area (Å²) < 4.78 is 38.3. The summed E-state index contributed by atoms with van der Waals surface area (Å²) >= 11 is 0.852. The van der Waals surface area contributed by atoms with Crippen molar-refractivity contribution in [2.45, 2.75) is 36.4 Å². The van der Waals surface area contributed by atoms with E-state index in [0.29, 0.717) is 6.07 Å². The van der Waals surface area contributed by atoms with Gasteiger partial charge < -0.3 is 5.32 Å². The first-order valence-corrected chi connectivity index (χ1v) is 9.60. The topological polar surface area (TPSA) is 72.2 Å². The van der Waals surface area contributed by atoms with E-state index in [4.69, 9.17) is 0 Å². The van der Waals surface area contributed by atoms with Crippen LogP contribution in [0.2, 0.25) is 0 Å². The molecule has 0 bridgehead atoms. The average Bonchev–Trinajstić information content (AvgIpc) is 2.65. The van der Waals surface area contributed by atoms with Crippen LogP contribution in [0, 0.1) is 10.1 Å². The number of nitrogens with one attached hydrogen (secondary N) is 1. The molecule has 0 fully saturated rings. The van der Waals surface area contributed by atoms with Crippen molar-refractivity contribution in [1.82, 2.24) is 5.32 Å². The number of nitrogens with zero attached hydrogens (tertiary/aromatic N) is 1. The van der Waals surface area contributed by atoms with Crippen LogP contribution < -0.4 is 5.32 Å². The highest BCUT2D eigenvalue weighted by molar-refractivity contribution is 8.00. The third kappa shape index (κ3) is 4.64. The van der Waals surface area contributed by atoms with Gasteiger partial charge in [0.2, 0.25) is 5.91 Å². The molecule has 28 heavy (non-hydrogen) atoms. The smallest absolute Gasteiger partial charge is 0.349 e. The van der Waals surface area contributed by atoms with Crippen LogP contribution >= 0.6 is 11.8 Å². The predicted octanol–water partition coefficient (Wildman–Crippen LogP) is 4.90. The lowest BCUT2D eigenvalue weighted by Gasteiger charge is -2.26. The lowest BCUT2D eigenvalue weighted by Crippen LogP contribution is -2.32. The molecule has 0 saturated carbocycles. The lowest BCUT2D eigenvalue weighted by atomic mass is 9.88. The number of thioether (sulfide) groups is 1. The first-order valence-electron chi connectivity index (χ1n) is 8.61. The van der Waals surface area contributed by atoms with Crippen LogP contribution in [-0.2, 0) is 17.4 Å². The quantitative estimate of drug-likeness (QED) is 0.432. The molecule has 1 aliphatic rings. The van der Waals surface area contributed by atoms with E-state index in [2.05, 4.69) is 5.32 Å². The van der Waals surface area contributed by atoms with E-state index in [1.54, 1.807) is 0 Å². The second kappa shape index (κ2) is 8.22. The van der Waals surface area contributed by atoms with Crippen LogP contribution in [0.5, 0.6) is 0 Å². The van der Waals surface area contributed by atoms with Crippen molar-refractivity contribution in [3.63, 3.8) is 0 Å². The number of amides is 1. The van der Waals surface area contributed by atoms with E-state index in [9.17, 15) is 28.1 Å². The first kappa shape index (κ1) is 20.2. The number of fused-ring (bicyclic) bond motifs is 1. The number of hydrogen-bond donors (Lipinski definition) is 1. The lowest BCUT2D eigenvalue weighted by molar-refractivity contribution is -0.388. The second-order valence-corrected chi connectivity index (χ2v) is 7.45. The van der Waals surface area contributed by atoms with Gasteiger partial charge in [0.05, 0.1) is 27.2 Å². The standard InChI is InChI=1S/C19H17F3N2O3S/c20-19(21,22)13-8-9-17(16(10-13)24(26)27)28-11-18(25)23-15-7-3-5-12-4-1-2-6-14(12)15/h1-2,4,6,8-10,15H,3,5,7,11H2,(H,23,25). The molecule has 2 aromatic carbocycles. The average molecular weight is 410 g/mol. The fourth-order valence-corrected chi connectivity index (χ4v) is 4.06. The number of benzene rings is 2. The van der Waals surface area contributed by atoms with Gasteiger partial charge in [-0.15, -0.1) is 11.8 Å². The Hall–Kier alpha value is -2.55. The monoisotopic (exact) mass is 410 g/mol. The minimum atomic E-state index is -4.67. The van der Waals surface area contributed by atoms with Crippen LogP contribution in [0.3, 0.4) is 0 Å². The Labute approximate surface area is 163 Å². The van der Waals surface area contributed by atoms with Crippen LogP contribution in [0.4, 0.5) is 18.9 Å². The summed E-state index contributed by atoms with van der Waals surface area (Å²) in [7, 11) is 0. The molecular weight excluding hydrogens is 393 g/mol. The molecule has 1 atom stereocenters. The maximum atomic E-state index is 12.8. The van der Waals surface area contributed by atoms with Crippen LogP contribution in [-0.4, -0.2) is 16.6 Å². The summed E-state index contributed by atoms with van der Waals surface area (Å²) in [5.74, 6) is -0.439. The first-order chi connectivity index (χ1) is 13.3. The number of alkyl halides is 3. The van der Waals surface area contributed by atoms with Gasteiger partial charge in [-0.2, -0.15) is 13.2 Å². The number of nitro groups is 1. The maximum Gasteiger partial charge on any atom is 0.416 e.